The van der Waals surface area contributed by atoms with Crippen LogP contribution in [0.15, 0.2) is 30.3 Å². The van der Waals surface area contributed by atoms with E-state index >= 15 is 0 Å². The number of hydrogen-bond donors (Lipinski definition) is 0. The zero-order valence-electron chi connectivity index (χ0n) is 11.2. The normalized spacial score (nSPS) is 17.0. The summed E-state index contributed by atoms with van der Waals surface area (Å²) in [6.45, 7) is 4.72. The highest BCUT2D eigenvalue weighted by molar-refractivity contribution is 5.82. The van der Waals surface area contributed by atoms with Crippen LogP contribution in [0.4, 0.5) is 0 Å². The van der Waals surface area contributed by atoms with Gasteiger partial charge < -0.3 is 0 Å². The molecular weight excluding hydrogens is 236 g/mol. The molecule has 3 rings (SSSR count). The van der Waals surface area contributed by atoms with Crippen LogP contribution in [-0.4, -0.2) is 28.8 Å². The average Bonchev–Trinajstić information content (AvgIpc) is 2.41. The zero-order chi connectivity index (χ0) is 13.2. The molecule has 0 radical (unpaired) electrons. The molecule has 98 valence electrons. The smallest absolute Gasteiger partial charge is 0.135 e. The molecule has 3 nitrogen and oxygen atoms in total. The minimum atomic E-state index is 0.395. The number of fused-ring (bicyclic) bond motifs is 1. The van der Waals surface area contributed by atoms with Gasteiger partial charge in [-0.3, -0.25) is 14.7 Å². The van der Waals surface area contributed by atoms with Gasteiger partial charge in [0.2, 0.25) is 0 Å². The number of nitrogens with zero attached hydrogens (tertiary/aromatic N) is 2. The molecule has 19 heavy (non-hydrogen) atoms. The summed E-state index contributed by atoms with van der Waals surface area (Å²) in [5.41, 5.74) is 3.44. The molecule has 1 aromatic carbocycles. The van der Waals surface area contributed by atoms with Gasteiger partial charge in [0.1, 0.15) is 5.78 Å². The van der Waals surface area contributed by atoms with Crippen molar-refractivity contribution in [2.45, 2.75) is 26.3 Å². The van der Waals surface area contributed by atoms with E-state index in [1.54, 1.807) is 0 Å². The minimum Gasteiger partial charge on any atom is -0.300 e. The molecule has 2 aromatic rings. The molecule has 0 aliphatic carbocycles. The van der Waals surface area contributed by atoms with Crippen LogP contribution < -0.4 is 0 Å². The third-order valence-electron chi connectivity index (χ3n) is 3.74. The highest BCUT2D eigenvalue weighted by Gasteiger charge is 2.17. The number of aryl methyl sites for hydroxylation is 1. The molecule has 2 heterocycles. The minimum absolute atomic E-state index is 0.395. The Morgan fingerprint density at radius 1 is 1.21 bits per heavy atom. The van der Waals surface area contributed by atoms with Crippen LogP contribution in [0, 0.1) is 6.92 Å². The summed E-state index contributed by atoms with van der Waals surface area (Å²) in [5, 5.41) is 1.23. The van der Waals surface area contributed by atoms with Gasteiger partial charge in [0.25, 0.3) is 0 Å². The first-order chi connectivity index (χ1) is 9.22. The molecule has 0 amide bonds. The van der Waals surface area contributed by atoms with Crippen molar-refractivity contribution in [3.8, 4) is 0 Å². The fourth-order valence-electron chi connectivity index (χ4n) is 2.73. The average molecular weight is 254 g/mol. The lowest BCUT2D eigenvalue weighted by molar-refractivity contribution is -0.121. The van der Waals surface area contributed by atoms with Crippen LogP contribution in [0.1, 0.15) is 24.1 Å². The number of carbonyl (C=O) groups excluding carboxylic acids is 1. The molecule has 1 aliphatic rings. The number of carbonyl (C=O) groups is 1. The second-order valence-corrected chi connectivity index (χ2v) is 5.25. The first-order valence-electron chi connectivity index (χ1n) is 6.82. The Bertz CT molecular complexity index is 611. The Morgan fingerprint density at radius 3 is 2.74 bits per heavy atom. The Hall–Kier alpha value is -1.74. The van der Waals surface area contributed by atoms with Gasteiger partial charge in [0, 0.05) is 43.6 Å². The van der Waals surface area contributed by atoms with Crippen molar-refractivity contribution in [1.82, 2.24) is 9.88 Å². The van der Waals surface area contributed by atoms with Crippen molar-refractivity contribution < 1.29 is 4.79 Å². The lowest BCUT2D eigenvalue weighted by atomic mass is 10.0. The lowest BCUT2D eigenvalue weighted by Gasteiger charge is -2.26. The number of likely N-dealkylation sites (tertiary alicyclic amines) is 1. The van der Waals surface area contributed by atoms with Crippen molar-refractivity contribution in [3.63, 3.8) is 0 Å². The van der Waals surface area contributed by atoms with Gasteiger partial charge in [0.05, 0.1) is 5.52 Å². The Balaban J connectivity index is 1.89. The van der Waals surface area contributed by atoms with Crippen LogP contribution in [0.2, 0.25) is 0 Å². The maximum atomic E-state index is 11.3. The van der Waals surface area contributed by atoms with Crippen molar-refractivity contribution in [3.05, 3.63) is 41.6 Å². The van der Waals surface area contributed by atoms with Crippen LogP contribution in [-0.2, 0) is 11.3 Å². The van der Waals surface area contributed by atoms with Gasteiger partial charge in [-0.25, -0.2) is 0 Å². The molecule has 1 fully saturated rings. The zero-order valence-corrected chi connectivity index (χ0v) is 11.2. The topological polar surface area (TPSA) is 33.2 Å². The van der Waals surface area contributed by atoms with E-state index in [0.29, 0.717) is 18.6 Å². The van der Waals surface area contributed by atoms with E-state index in [4.69, 9.17) is 0 Å². The van der Waals surface area contributed by atoms with Gasteiger partial charge in [-0.05, 0) is 24.6 Å². The predicted molar refractivity (Wildman–Crippen MR) is 76.0 cm³/mol. The summed E-state index contributed by atoms with van der Waals surface area (Å²) in [6, 6.07) is 10.4. The van der Waals surface area contributed by atoms with Crippen LogP contribution in [0.3, 0.4) is 0 Å². The lowest BCUT2D eigenvalue weighted by Crippen LogP contribution is -2.33. The number of rotatable bonds is 2. The fourth-order valence-corrected chi connectivity index (χ4v) is 2.73. The van der Waals surface area contributed by atoms with Gasteiger partial charge in [-0.15, -0.1) is 0 Å². The third-order valence-corrected chi connectivity index (χ3v) is 3.74. The number of Topliss-reactive ketones (excluding diaryl/α,β-unsaturated/α-hetero) is 1. The van der Waals surface area contributed by atoms with E-state index in [9.17, 15) is 4.79 Å². The number of pyridine rings is 1. The van der Waals surface area contributed by atoms with Crippen molar-refractivity contribution in [2.75, 3.05) is 13.1 Å². The predicted octanol–water partition coefficient (Wildman–Crippen LogP) is 2.71. The van der Waals surface area contributed by atoms with Crippen molar-refractivity contribution >= 4 is 16.7 Å². The van der Waals surface area contributed by atoms with Crippen molar-refractivity contribution in [1.29, 1.82) is 0 Å². The molecule has 0 unspecified atom stereocenters. The highest BCUT2D eigenvalue weighted by atomic mass is 16.1. The van der Waals surface area contributed by atoms with Crippen molar-refractivity contribution in [2.24, 2.45) is 0 Å². The number of ketones is 1. The van der Waals surface area contributed by atoms with Crippen LogP contribution in [0.5, 0.6) is 0 Å². The van der Waals surface area contributed by atoms with E-state index < -0.39 is 0 Å². The second-order valence-electron chi connectivity index (χ2n) is 5.25. The Labute approximate surface area is 113 Å². The number of piperidine rings is 1. The molecule has 0 spiro atoms. The molecule has 1 saturated heterocycles. The Kier molecular flexibility index (Phi) is 3.30. The summed E-state index contributed by atoms with van der Waals surface area (Å²) in [5.74, 6) is 0.395. The molecule has 3 heteroatoms. The maximum Gasteiger partial charge on any atom is 0.135 e. The standard InChI is InChI=1S/C16H18N2O/c1-12-10-13(11-18-8-6-14(19)7-9-18)15-4-2-3-5-16(15)17-12/h2-5,10H,6-9,11H2,1H3. The monoisotopic (exact) mass is 254 g/mol. The van der Waals surface area contributed by atoms with Gasteiger partial charge in [-0.1, -0.05) is 18.2 Å². The molecular formula is C16H18N2O. The van der Waals surface area contributed by atoms with Gasteiger partial charge in [0.15, 0.2) is 0 Å². The second kappa shape index (κ2) is 5.10. The number of hydrogen-bond acceptors (Lipinski definition) is 3. The molecule has 1 aromatic heterocycles. The number of para-hydroxylation sites is 1. The van der Waals surface area contributed by atoms with E-state index in [0.717, 1.165) is 30.8 Å². The SMILES string of the molecule is Cc1cc(CN2CCC(=O)CC2)c2ccccc2n1. The summed E-state index contributed by atoms with van der Waals surface area (Å²) >= 11 is 0. The van der Waals surface area contributed by atoms with Crippen LogP contribution in [0.25, 0.3) is 10.9 Å². The summed E-state index contributed by atoms with van der Waals surface area (Å²) in [6.07, 6.45) is 1.39. The van der Waals surface area contributed by atoms with Gasteiger partial charge >= 0.3 is 0 Å². The first-order valence-corrected chi connectivity index (χ1v) is 6.82. The summed E-state index contributed by atoms with van der Waals surface area (Å²) < 4.78 is 0. The van der Waals surface area contributed by atoms with E-state index in [1.807, 2.05) is 13.0 Å². The third kappa shape index (κ3) is 2.66. The number of aromatic nitrogens is 1. The quantitative estimate of drug-likeness (QED) is 0.826. The molecule has 0 saturated carbocycles. The van der Waals surface area contributed by atoms with E-state index in [2.05, 4.69) is 34.1 Å². The molecule has 1 aliphatic heterocycles. The molecule has 0 N–H and O–H groups in total. The first kappa shape index (κ1) is 12.3. The van der Waals surface area contributed by atoms with E-state index in [1.165, 1.54) is 10.9 Å². The maximum absolute atomic E-state index is 11.3. The van der Waals surface area contributed by atoms with Crippen LogP contribution >= 0.6 is 0 Å². The summed E-state index contributed by atoms with van der Waals surface area (Å²) in [7, 11) is 0. The highest BCUT2D eigenvalue weighted by Crippen LogP contribution is 2.21. The Morgan fingerprint density at radius 2 is 1.95 bits per heavy atom. The summed E-state index contributed by atoms with van der Waals surface area (Å²) in [4.78, 5) is 18.2. The molecule has 0 atom stereocenters. The molecule has 0 bridgehead atoms. The van der Waals surface area contributed by atoms with Gasteiger partial charge in [-0.2, -0.15) is 0 Å². The fraction of sp³-hybridized carbons (Fsp3) is 0.375. The largest absolute Gasteiger partial charge is 0.300 e. The van der Waals surface area contributed by atoms with E-state index in [-0.39, 0.29) is 0 Å². The number of benzene rings is 1.